The number of halogens is 1. The lowest BCUT2D eigenvalue weighted by atomic mass is 9.74. The minimum Gasteiger partial charge on any atom is -0.375 e. The second kappa shape index (κ2) is 4.82. The van der Waals surface area contributed by atoms with E-state index >= 15 is 0 Å². The van der Waals surface area contributed by atoms with Crippen LogP contribution in [-0.4, -0.2) is 27.2 Å². The van der Waals surface area contributed by atoms with E-state index in [9.17, 15) is 0 Å². The third kappa shape index (κ3) is 2.16. The van der Waals surface area contributed by atoms with Crippen LogP contribution in [0.25, 0.3) is 0 Å². The summed E-state index contributed by atoms with van der Waals surface area (Å²) in [6.07, 6.45) is 8.73. The fraction of sp³-hybridized carbons (Fsp3) is 0.846. The first-order chi connectivity index (χ1) is 8.72. The van der Waals surface area contributed by atoms with E-state index < -0.39 is 0 Å². The van der Waals surface area contributed by atoms with Crippen LogP contribution in [-0.2, 0) is 4.74 Å². The van der Waals surface area contributed by atoms with Crippen molar-refractivity contribution in [2.75, 3.05) is 6.61 Å². The third-order valence-electron chi connectivity index (χ3n) is 4.31. The second-order valence-corrected chi connectivity index (χ2v) is 6.06. The first-order valence-corrected chi connectivity index (χ1v) is 7.36. The maximum atomic E-state index is 6.20. The summed E-state index contributed by atoms with van der Waals surface area (Å²) in [5.41, 5.74) is 1.05. The van der Waals surface area contributed by atoms with E-state index in [-0.39, 0.29) is 11.0 Å². The van der Waals surface area contributed by atoms with Crippen LogP contribution >= 0.6 is 11.6 Å². The Balaban J connectivity index is 1.72. The third-order valence-corrected chi connectivity index (χ3v) is 4.85. The van der Waals surface area contributed by atoms with Crippen LogP contribution in [0.5, 0.6) is 0 Å². The maximum absolute atomic E-state index is 6.20. The normalized spacial score (nSPS) is 28.0. The van der Waals surface area contributed by atoms with E-state index in [4.69, 9.17) is 16.3 Å². The molecule has 18 heavy (non-hydrogen) atoms. The molecule has 5 heteroatoms. The van der Waals surface area contributed by atoms with Crippen molar-refractivity contribution in [1.29, 1.82) is 0 Å². The molecule has 1 saturated carbocycles. The van der Waals surface area contributed by atoms with Crippen LogP contribution < -0.4 is 0 Å². The highest BCUT2D eigenvalue weighted by Crippen LogP contribution is 2.45. The molecule has 2 atom stereocenters. The fourth-order valence-electron chi connectivity index (χ4n) is 2.97. The van der Waals surface area contributed by atoms with Gasteiger partial charge in [-0.3, -0.25) is 0 Å². The molecule has 2 fully saturated rings. The molecule has 0 radical (unpaired) electrons. The quantitative estimate of drug-likeness (QED) is 0.791. The lowest BCUT2D eigenvalue weighted by Gasteiger charge is -2.47. The van der Waals surface area contributed by atoms with Gasteiger partial charge in [0.25, 0.3) is 0 Å². The summed E-state index contributed by atoms with van der Waals surface area (Å²) in [7, 11) is 0. The molecule has 0 amide bonds. The Morgan fingerprint density at radius 1 is 1.61 bits per heavy atom. The van der Waals surface area contributed by atoms with Crippen LogP contribution in [0.1, 0.15) is 62.6 Å². The van der Waals surface area contributed by atoms with Gasteiger partial charge in [0.15, 0.2) is 0 Å². The number of hydrogen-bond acceptors (Lipinski definition) is 3. The molecule has 2 heterocycles. The monoisotopic (exact) mass is 269 g/mol. The highest BCUT2D eigenvalue weighted by atomic mass is 35.5. The molecule has 100 valence electrons. The number of ether oxygens (including phenoxy) is 1. The Morgan fingerprint density at radius 3 is 3.11 bits per heavy atom. The van der Waals surface area contributed by atoms with Crippen molar-refractivity contribution in [3.63, 3.8) is 0 Å². The van der Waals surface area contributed by atoms with Crippen LogP contribution in [0.2, 0.25) is 0 Å². The Bertz CT molecular complexity index is 416. The van der Waals surface area contributed by atoms with Gasteiger partial charge in [0.05, 0.1) is 23.2 Å². The highest BCUT2D eigenvalue weighted by molar-refractivity contribution is 6.20. The SMILES string of the molecule is CCC(Cl)c1cn(C2CCOC3(CCC3)C2)nn1. The summed E-state index contributed by atoms with van der Waals surface area (Å²) in [5, 5.41) is 8.44. The van der Waals surface area contributed by atoms with Crippen molar-refractivity contribution in [1.82, 2.24) is 15.0 Å². The van der Waals surface area contributed by atoms with Crippen LogP contribution in [0.4, 0.5) is 0 Å². The van der Waals surface area contributed by atoms with E-state index in [0.29, 0.717) is 6.04 Å². The molecule has 0 bridgehead atoms. The molecule has 3 rings (SSSR count). The molecule has 1 aliphatic heterocycles. The van der Waals surface area contributed by atoms with Crippen molar-refractivity contribution in [3.8, 4) is 0 Å². The fourth-order valence-corrected chi connectivity index (χ4v) is 3.07. The first-order valence-electron chi connectivity index (χ1n) is 6.92. The Morgan fingerprint density at radius 2 is 2.44 bits per heavy atom. The van der Waals surface area contributed by atoms with Crippen molar-refractivity contribution in [3.05, 3.63) is 11.9 Å². The average Bonchev–Trinajstić information content (AvgIpc) is 2.86. The van der Waals surface area contributed by atoms with Gasteiger partial charge in [0.2, 0.25) is 0 Å². The molecule has 2 unspecified atom stereocenters. The van der Waals surface area contributed by atoms with Crippen molar-refractivity contribution in [2.45, 2.75) is 62.5 Å². The summed E-state index contributed by atoms with van der Waals surface area (Å²) < 4.78 is 7.94. The first kappa shape index (κ1) is 12.4. The van der Waals surface area contributed by atoms with Crippen LogP contribution in [0.15, 0.2) is 6.20 Å². The lowest BCUT2D eigenvalue weighted by molar-refractivity contribution is -0.141. The number of rotatable bonds is 3. The topological polar surface area (TPSA) is 39.9 Å². The van der Waals surface area contributed by atoms with Gasteiger partial charge < -0.3 is 4.74 Å². The Hall–Kier alpha value is -0.610. The number of alkyl halides is 1. The number of nitrogens with zero attached hydrogens (tertiary/aromatic N) is 3. The van der Waals surface area contributed by atoms with E-state index in [1.165, 1.54) is 19.3 Å². The Kier molecular flexibility index (Phi) is 3.32. The molecule has 0 aromatic carbocycles. The zero-order chi connectivity index (χ0) is 12.6. The van der Waals surface area contributed by atoms with Crippen LogP contribution in [0, 0.1) is 0 Å². The van der Waals surface area contributed by atoms with E-state index in [1.54, 1.807) is 0 Å². The van der Waals surface area contributed by atoms with Crippen molar-refractivity contribution in [2.24, 2.45) is 0 Å². The zero-order valence-corrected chi connectivity index (χ0v) is 11.6. The second-order valence-electron chi connectivity index (χ2n) is 5.53. The standard InChI is InChI=1S/C13H20ClN3O/c1-2-11(14)12-9-17(16-15-12)10-4-7-18-13(8-10)5-3-6-13/h9-11H,2-8H2,1H3. The van der Waals surface area contributed by atoms with Gasteiger partial charge in [-0.05, 0) is 38.5 Å². The molecular formula is C13H20ClN3O. The van der Waals surface area contributed by atoms with Crippen LogP contribution in [0.3, 0.4) is 0 Å². The summed E-state index contributed by atoms with van der Waals surface area (Å²) in [6, 6.07) is 0.432. The minimum absolute atomic E-state index is 0.0174. The Labute approximate surface area is 113 Å². The minimum atomic E-state index is -0.0174. The molecule has 1 aromatic heterocycles. The summed E-state index contributed by atoms with van der Waals surface area (Å²) >= 11 is 6.20. The van der Waals surface area contributed by atoms with Gasteiger partial charge in [-0.15, -0.1) is 16.7 Å². The maximum Gasteiger partial charge on any atom is 0.101 e. The summed E-state index contributed by atoms with van der Waals surface area (Å²) in [5.74, 6) is 0. The number of aromatic nitrogens is 3. The summed E-state index contributed by atoms with van der Waals surface area (Å²) in [4.78, 5) is 0. The summed E-state index contributed by atoms with van der Waals surface area (Å²) in [6.45, 7) is 2.91. The average molecular weight is 270 g/mol. The van der Waals surface area contributed by atoms with Gasteiger partial charge in [-0.25, -0.2) is 4.68 Å². The van der Waals surface area contributed by atoms with Crippen molar-refractivity contribution < 1.29 is 4.74 Å². The predicted molar refractivity (Wildman–Crippen MR) is 69.7 cm³/mol. The molecule has 0 N–H and O–H groups in total. The predicted octanol–water partition coefficient (Wildman–Crippen LogP) is 3.24. The molecule has 1 saturated heterocycles. The van der Waals surface area contributed by atoms with E-state index in [0.717, 1.165) is 31.6 Å². The number of hydrogen-bond donors (Lipinski definition) is 0. The van der Waals surface area contributed by atoms with E-state index in [2.05, 4.69) is 17.2 Å². The van der Waals surface area contributed by atoms with Gasteiger partial charge in [-0.1, -0.05) is 12.1 Å². The van der Waals surface area contributed by atoms with E-state index in [1.807, 2.05) is 10.9 Å². The molecule has 1 aliphatic carbocycles. The molecule has 4 nitrogen and oxygen atoms in total. The van der Waals surface area contributed by atoms with Gasteiger partial charge in [-0.2, -0.15) is 0 Å². The lowest BCUT2D eigenvalue weighted by Crippen LogP contribution is -2.46. The molecular weight excluding hydrogens is 250 g/mol. The molecule has 1 spiro atoms. The molecule has 2 aliphatic rings. The smallest absolute Gasteiger partial charge is 0.101 e. The van der Waals surface area contributed by atoms with Gasteiger partial charge in [0.1, 0.15) is 5.69 Å². The largest absolute Gasteiger partial charge is 0.375 e. The zero-order valence-electron chi connectivity index (χ0n) is 10.8. The highest BCUT2D eigenvalue weighted by Gasteiger charge is 2.43. The molecule has 1 aromatic rings. The van der Waals surface area contributed by atoms with Gasteiger partial charge in [0, 0.05) is 6.61 Å². The van der Waals surface area contributed by atoms with Crippen molar-refractivity contribution >= 4 is 11.6 Å². The van der Waals surface area contributed by atoms with Gasteiger partial charge >= 0.3 is 0 Å².